The lowest BCUT2D eigenvalue weighted by Crippen LogP contribution is -2.32. The first kappa shape index (κ1) is 19.2. The summed E-state index contributed by atoms with van der Waals surface area (Å²) in [7, 11) is 0. The van der Waals surface area contributed by atoms with E-state index in [2.05, 4.69) is 6.58 Å². The highest BCUT2D eigenvalue weighted by Gasteiger charge is 2.16. The van der Waals surface area contributed by atoms with Crippen LogP contribution in [0.25, 0.3) is 17.7 Å². The molecular weight excluding hydrogens is 348 g/mol. The minimum absolute atomic E-state index is 0.00451. The van der Waals surface area contributed by atoms with Crippen LogP contribution in [0.2, 0.25) is 0 Å². The van der Waals surface area contributed by atoms with E-state index in [1.807, 2.05) is 42.5 Å². The fourth-order valence-electron chi connectivity index (χ4n) is 2.20. The number of nitriles is 1. The average molecular weight is 366 g/mol. The maximum atomic E-state index is 12.5. The van der Waals surface area contributed by atoms with Crippen LogP contribution < -0.4 is 14.8 Å². The number of hydrogen-bond donors (Lipinski definition) is 0. The number of nitrogens with zero attached hydrogens (tertiary/aromatic N) is 2. The van der Waals surface area contributed by atoms with Crippen LogP contribution >= 0.6 is 11.3 Å². The summed E-state index contributed by atoms with van der Waals surface area (Å²) in [4.78, 5) is 24.6. The highest BCUT2D eigenvalue weighted by molar-refractivity contribution is 7.07. The second-order valence-electron chi connectivity index (χ2n) is 5.13. The third-order valence-corrected chi connectivity index (χ3v) is 4.57. The molecule has 0 spiro atoms. The number of esters is 1. The van der Waals surface area contributed by atoms with Crippen LogP contribution in [0.1, 0.15) is 12.5 Å². The van der Waals surface area contributed by atoms with Gasteiger partial charge in [-0.15, -0.1) is 11.3 Å². The van der Waals surface area contributed by atoms with Gasteiger partial charge in [0.25, 0.3) is 5.56 Å². The molecule has 6 heteroatoms. The van der Waals surface area contributed by atoms with E-state index < -0.39 is 5.97 Å². The third kappa shape index (κ3) is 4.47. The van der Waals surface area contributed by atoms with E-state index in [1.165, 1.54) is 10.6 Å². The van der Waals surface area contributed by atoms with Crippen molar-refractivity contribution in [2.24, 2.45) is 0 Å². The van der Waals surface area contributed by atoms with Crippen LogP contribution in [0, 0.1) is 11.3 Å². The Balaban J connectivity index is 2.53. The van der Waals surface area contributed by atoms with Gasteiger partial charge in [0.2, 0.25) is 0 Å². The predicted octanol–water partition coefficient (Wildman–Crippen LogP) is 1.83. The van der Waals surface area contributed by atoms with Gasteiger partial charge >= 0.3 is 5.97 Å². The topological polar surface area (TPSA) is 72.1 Å². The van der Waals surface area contributed by atoms with Crippen LogP contribution in [0.15, 0.2) is 53.9 Å². The first-order valence-corrected chi connectivity index (χ1v) is 8.79. The number of aromatic nitrogens is 1. The van der Waals surface area contributed by atoms with Gasteiger partial charge in [0.15, 0.2) is 5.57 Å². The van der Waals surface area contributed by atoms with E-state index in [-0.39, 0.29) is 17.7 Å². The first-order valence-electron chi connectivity index (χ1n) is 7.97. The van der Waals surface area contributed by atoms with Crippen molar-refractivity contribution >= 4 is 35.0 Å². The molecule has 2 aromatic rings. The van der Waals surface area contributed by atoms with Gasteiger partial charge in [0.1, 0.15) is 17.3 Å². The lowest BCUT2D eigenvalue weighted by molar-refractivity contribution is -0.135. The Morgan fingerprint density at radius 1 is 1.38 bits per heavy atom. The molecule has 1 aromatic carbocycles. The molecule has 1 heterocycles. The zero-order valence-corrected chi connectivity index (χ0v) is 15.2. The molecule has 0 aliphatic rings. The summed E-state index contributed by atoms with van der Waals surface area (Å²) in [5, 5.41) is 9.35. The lowest BCUT2D eigenvalue weighted by atomic mass is 10.2. The number of ether oxygens (including phenoxy) is 1. The molecule has 0 aliphatic heterocycles. The molecule has 0 saturated heterocycles. The molecule has 2 rings (SSSR count). The highest BCUT2D eigenvalue weighted by Crippen LogP contribution is 2.01. The molecule has 0 fully saturated rings. The van der Waals surface area contributed by atoms with Gasteiger partial charge in [-0.2, -0.15) is 5.26 Å². The summed E-state index contributed by atoms with van der Waals surface area (Å²) < 4.78 is 7.08. The van der Waals surface area contributed by atoms with E-state index in [1.54, 1.807) is 19.1 Å². The van der Waals surface area contributed by atoms with Gasteiger partial charge in [0.05, 0.1) is 4.53 Å². The minimum atomic E-state index is -0.762. The number of carbonyl (C=O) groups is 1. The summed E-state index contributed by atoms with van der Waals surface area (Å²) in [6.45, 7) is 5.60. The van der Waals surface area contributed by atoms with E-state index in [4.69, 9.17) is 4.74 Å². The molecule has 0 saturated carbocycles. The van der Waals surface area contributed by atoms with Crippen molar-refractivity contribution < 1.29 is 9.53 Å². The molecule has 0 aliphatic carbocycles. The maximum absolute atomic E-state index is 12.5. The van der Waals surface area contributed by atoms with Gasteiger partial charge in [0, 0.05) is 6.54 Å². The van der Waals surface area contributed by atoms with Crippen molar-refractivity contribution in [3.63, 3.8) is 0 Å². The van der Waals surface area contributed by atoms with Gasteiger partial charge < -0.3 is 4.74 Å². The van der Waals surface area contributed by atoms with Gasteiger partial charge in [-0.05, 0) is 18.6 Å². The number of thiazole rings is 1. The summed E-state index contributed by atoms with van der Waals surface area (Å²) >= 11 is 1.10. The summed E-state index contributed by atoms with van der Waals surface area (Å²) in [5.41, 5.74) is 0.589. The normalized spacial score (nSPS) is 12.7. The quantitative estimate of drug-likeness (QED) is 0.578. The third-order valence-electron chi connectivity index (χ3n) is 3.42. The fraction of sp³-hybridized carbons (Fsp3) is 0.150. The summed E-state index contributed by atoms with van der Waals surface area (Å²) in [5.74, 6) is -0.762. The molecule has 0 atom stereocenters. The Bertz CT molecular complexity index is 1040. The molecule has 26 heavy (non-hydrogen) atoms. The summed E-state index contributed by atoms with van der Waals surface area (Å²) in [6.07, 6.45) is 6.75. The van der Waals surface area contributed by atoms with Gasteiger partial charge in [-0.25, -0.2) is 4.79 Å². The van der Waals surface area contributed by atoms with Crippen molar-refractivity contribution in [3.05, 3.63) is 74.2 Å². The van der Waals surface area contributed by atoms with E-state index >= 15 is 0 Å². The van der Waals surface area contributed by atoms with Crippen LogP contribution in [-0.2, 0) is 16.1 Å². The van der Waals surface area contributed by atoms with Crippen molar-refractivity contribution in [1.29, 1.82) is 5.26 Å². The van der Waals surface area contributed by atoms with Crippen LogP contribution in [-0.4, -0.2) is 17.1 Å². The maximum Gasteiger partial charge on any atom is 0.352 e. The van der Waals surface area contributed by atoms with E-state index in [9.17, 15) is 14.9 Å². The largest absolute Gasteiger partial charge is 0.457 e. The van der Waals surface area contributed by atoms with Crippen molar-refractivity contribution in [2.75, 3.05) is 6.61 Å². The summed E-state index contributed by atoms with van der Waals surface area (Å²) in [6, 6.07) is 11.5. The minimum Gasteiger partial charge on any atom is -0.457 e. The Morgan fingerprint density at radius 3 is 2.73 bits per heavy atom. The fourth-order valence-corrected chi connectivity index (χ4v) is 3.31. The Kier molecular flexibility index (Phi) is 6.89. The second-order valence-corrected chi connectivity index (χ2v) is 6.16. The zero-order chi connectivity index (χ0) is 18.9. The second kappa shape index (κ2) is 9.35. The highest BCUT2D eigenvalue weighted by atomic mass is 32.1. The van der Waals surface area contributed by atoms with E-state index in [0.29, 0.717) is 15.7 Å². The molecular formula is C20H18N2O3S. The molecule has 0 amide bonds. The smallest absolute Gasteiger partial charge is 0.352 e. The molecule has 132 valence electrons. The van der Waals surface area contributed by atoms with Crippen LogP contribution in [0.4, 0.5) is 0 Å². The number of allylic oxidation sites excluding steroid dienone is 1. The van der Waals surface area contributed by atoms with E-state index in [0.717, 1.165) is 16.9 Å². The number of rotatable bonds is 6. The molecule has 1 aromatic heterocycles. The van der Waals surface area contributed by atoms with Crippen LogP contribution in [0.3, 0.4) is 0 Å². The SMILES string of the molecule is C=CCOC(=O)/C(C#N)=c1\sc(=C/C=C/c2ccccc2)c(=O)n1CC. The molecule has 0 unspecified atom stereocenters. The average Bonchev–Trinajstić information content (AvgIpc) is 2.97. The number of benzene rings is 1. The van der Waals surface area contributed by atoms with Crippen molar-refractivity contribution in [1.82, 2.24) is 4.57 Å². The lowest BCUT2D eigenvalue weighted by Gasteiger charge is -2.00. The van der Waals surface area contributed by atoms with Crippen molar-refractivity contribution in [2.45, 2.75) is 13.5 Å². The first-order chi connectivity index (χ1) is 12.6. The number of carbonyl (C=O) groups excluding carboxylic acids is 1. The van der Waals surface area contributed by atoms with Crippen molar-refractivity contribution in [3.8, 4) is 6.07 Å². The molecule has 0 radical (unpaired) electrons. The number of hydrogen-bond acceptors (Lipinski definition) is 5. The van der Waals surface area contributed by atoms with Gasteiger partial charge in [-0.3, -0.25) is 9.36 Å². The van der Waals surface area contributed by atoms with Gasteiger partial charge in [-0.1, -0.05) is 55.1 Å². The molecule has 0 N–H and O–H groups in total. The Labute approximate surface area is 155 Å². The molecule has 0 bridgehead atoms. The molecule has 5 nitrogen and oxygen atoms in total. The van der Waals surface area contributed by atoms with Crippen LogP contribution in [0.5, 0.6) is 0 Å². The monoisotopic (exact) mass is 366 g/mol. The Hall–Kier alpha value is -3.17. The zero-order valence-electron chi connectivity index (χ0n) is 14.3. The Morgan fingerprint density at radius 2 is 2.12 bits per heavy atom. The predicted molar refractivity (Wildman–Crippen MR) is 104 cm³/mol. The standard InChI is InChI=1S/C20H18N2O3S/c1-3-13-25-20(24)16(14-21)19-22(4-2)18(23)17(26-19)12-8-11-15-9-6-5-7-10-15/h3,5-12H,1,4,13H2,2H3/b11-8+,17-12?,19-16-.